The van der Waals surface area contributed by atoms with Crippen LogP contribution in [0.4, 0.5) is 0 Å². The smallest absolute Gasteiger partial charge is 0.261 e. The monoisotopic (exact) mass is 454 g/mol. The third kappa shape index (κ3) is 4.21. The summed E-state index contributed by atoms with van der Waals surface area (Å²) in [6, 6.07) is 0. The number of allylic oxidation sites excluding steroid dienone is 2. The Balaban J connectivity index is 1.65. The molecule has 2 aliphatic carbocycles. The predicted molar refractivity (Wildman–Crippen MR) is 130 cm³/mol. The quantitative estimate of drug-likeness (QED) is 0.728. The van der Waals surface area contributed by atoms with Crippen molar-refractivity contribution in [2.45, 2.75) is 66.0 Å². The van der Waals surface area contributed by atoms with Crippen LogP contribution < -0.4 is 11.3 Å². The first kappa shape index (κ1) is 23.9. The molecular formula is C26H38N4O3. The molecule has 2 atom stereocenters. The minimum atomic E-state index is -1.12. The van der Waals surface area contributed by atoms with E-state index in [2.05, 4.69) is 32.7 Å². The van der Waals surface area contributed by atoms with Gasteiger partial charge in [0.05, 0.1) is 29.7 Å². The zero-order valence-corrected chi connectivity index (χ0v) is 20.6. The minimum absolute atomic E-state index is 0.0385. The molecule has 2 aliphatic heterocycles. The van der Waals surface area contributed by atoms with E-state index in [4.69, 9.17) is 5.73 Å². The number of carbonyl (C=O) groups excluding carboxylic acids is 1. The van der Waals surface area contributed by atoms with Crippen molar-refractivity contribution >= 4 is 18.1 Å². The van der Waals surface area contributed by atoms with Crippen molar-refractivity contribution < 1.29 is 9.90 Å². The maximum atomic E-state index is 13.4. The van der Waals surface area contributed by atoms with Gasteiger partial charge in [0, 0.05) is 31.0 Å². The highest BCUT2D eigenvalue weighted by molar-refractivity contribution is 5.78. The van der Waals surface area contributed by atoms with Crippen molar-refractivity contribution in [2.75, 3.05) is 19.6 Å². The minimum Gasteiger partial charge on any atom is -0.387 e. The summed E-state index contributed by atoms with van der Waals surface area (Å²) in [7, 11) is 0. The topological polar surface area (TPSA) is 101 Å². The molecule has 3 N–H and O–H groups in total. The van der Waals surface area contributed by atoms with Crippen LogP contribution >= 0.6 is 0 Å². The van der Waals surface area contributed by atoms with Gasteiger partial charge in [-0.3, -0.25) is 14.2 Å². The molecular weight excluding hydrogens is 416 g/mol. The van der Waals surface area contributed by atoms with Crippen LogP contribution in [0.25, 0.3) is 12.2 Å². The summed E-state index contributed by atoms with van der Waals surface area (Å²) in [5, 5.41) is 12.0. The van der Waals surface area contributed by atoms with Crippen molar-refractivity contribution in [2.24, 2.45) is 27.9 Å². The summed E-state index contributed by atoms with van der Waals surface area (Å²) < 4.78 is 1.55. The number of carbonyl (C=O) groups is 1. The van der Waals surface area contributed by atoms with Crippen LogP contribution in [0.15, 0.2) is 23.3 Å². The molecule has 2 saturated heterocycles. The van der Waals surface area contributed by atoms with Gasteiger partial charge in [-0.1, -0.05) is 52.8 Å². The Morgan fingerprint density at radius 3 is 2.55 bits per heavy atom. The molecule has 180 valence electrons. The highest BCUT2D eigenvalue weighted by atomic mass is 16.3. The van der Waals surface area contributed by atoms with Crippen molar-refractivity contribution in [1.29, 1.82) is 0 Å². The van der Waals surface area contributed by atoms with Gasteiger partial charge in [0.15, 0.2) is 0 Å². The number of aromatic nitrogens is 2. The Morgan fingerprint density at radius 1 is 1.21 bits per heavy atom. The van der Waals surface area contributed by atoms with Gasteiger partial charge in [0.25, 0.3) is 5.56 Å². The Morgan fingerprint density at radius 2 is 1.88 bits per heavy atom. The molecule has 0 radical (unpaired) electrons. The number of hydrogen-bond acceptors (Lipinski definition) is 5. The highest BCUT2D eigenvalue weighted by Gasteiger charge is 2.61. The maximum Gasteiger partial charge on any atom is 0.261 e. The van der Waals surface area contributed by atoms with Gasteiger partial charge >= 0.3 is 0 Å². The van der Waals surface area contributed by atoms with Crippen LogP contribution in [0.1, 0.15) is 65.1 Å². The molecule has 5 rings (SSSR count). The summed E-state index contributed by atoms with van der Waals surface area (Å²) in [6.07, 6.45) is 11.4. The van der Waals surface area contributed by atoms with Gasteiger partial charge in [-0.2, -0.15) is 0 Å². The van der Waals surface area contributed by atoms with Crippen molar-refractivity contribution in [3.8, 4) is 0 Å². The van der Waals surface area contributed by atoms with Crippen LogP contribution in [-0.4, -0.2) is 50.7 Å². The summed E-state index contributed by atoms with van der Waals surface area (Å²) in [5.41, 5.74) is 5.16. The molecule has 3 fully saturated rings. The number of nitrogens with two attached hydrogens (primary N) is 1. The average molecular weight is 455 g/mol. The molecule has 1 aromatic rings. The fourth-order valence-corrected chi connectivity index (χ4v) is 6.15. The van der Waals surface area contributed by atoms with Gasteiger partial charge in [0.2, 0.25) is 5.91 Å². The van der Waals surface area contributed by atoms with E-state index in [1.54, 1.807) is 10.9 Å². The Labute approximate surface area is 196 Å². The third-order valence-electron chi connectivity index (χ3n) is 8.10. The largest absolute Gasteiger partial charge is 0.387 e. The summed E-state index contributed by atoms with van der Waals surface area (Å²) in [4.78, 5) is 32.7. The van der Waals surface area contributed by atoms with Crippen LogP contribution in [0.2, 0.25) is 0 Å². The molecule has 1 aromatic heterocycles. The van der Waals surface area contributed by atoms with E-state index in [0.29, 0.717) is 37.3 Å². The lowest BCUT2D eigenvalue weighted by Crippen LogP contribution is -2.65. The lowest BCUT2D eigenvalue weighted by Gasteiger charge is -2.63. The first-order valence-electron chi connectivity index (χ1n) is 12.0. The first-order valence-corrected chi connectivity index (χ1v) is 12.0. The lowest BCUT2D eigenvalue weighted by atomic mass is 9.47. The number of rotatable bonds is 4. The second kappa shape index (κ2) is 7.91. The summed E-state index contributed by atoms with van der Waals surface area (Å²) >= 11 is 0. The highest BCUT2D eigenvalue weighted by Crippen LogP contribution is 2.61. The lowest BCUT2D eigenvalue weighted by molar-refractivity contribution is -0.204. The fourth-order valence-electron chi connectivity index (χ4n) is 6.15. The molecule has 3 heterocycles. The van der Waals surface area contributed by atoms with Crippen molar-refractivity contribution in [3.63, 3.8) is 0 Å². The zero-order valence-electron chi connectivity index (χ0n) is 20.6. The molecule has 0 aromatic carbocycles. The molecule has 33 heavy (non-hydrogen) atoms. The van der Waals surface area contributed by atoms with Crippen molar-refractivity contribution in [1.82, 2.24) is 14.5 Å². The maximum absolute atomic E-state index is 13.4. The van der Waals surface area contributed by atoms with E-state index < -0.39 is 5.60 Å². The predicted octanol–water partition coefficient (Wildman–Crippen LogP) is 2.67. The average Bonchev–Trinajstić information content (AvgIpc) is 2.88. The van der Waals surface area contributed by atoms with Gasteiger partial charge in [-0.15, -0.1) is 0 Å². The van der Waals surface area contributed by atoms with E-state index in [-0.39, 0.29) is 40.2 Å². The molecule has 1 amide bonds. The first-order chi connectivity index (χ1) is 15.3. The Hall–Kier alpha value is -2.25. The second-order valence-corrected chi connectivity index (χ2v) is 11.9. The second-order valence-electron chi connectivity index (χ2n) is 11.9. The van der Waals surface area contributed by atoms with Gasteiger partial charge in [-0.25, -0.2) is 4.98 Å². The van der Waals surface area contributed by atoms with Crippen LogP contribution in [0, 0.1) is 22.2 Å². The Kier molecular flexibility index (Phi) is 5.73. The summed E-state index contributed by atoms with van der Waals surface area (Å²) in [6.45, 7) is 11.9. The molecule has 7 nitrogen and oxygen atoms in total. The van der Waals surface area contributed by atoms with Gasteiger partial charge in [0.1, 0.15) is 0 Å². The van der Waals surface area contributed by atoms with Crippen molar-refractivity contribution in [3.05, 3.63) is 40.1 Å². The van der Waals surface area contributed by atoms with E-state index >= 15 is 0 Å². The fraction of sp³-hybridized carbons (Fsp3) is 0.654. The van der Waals surface area contributed by atoms with Gasteiger partial charge in [-0.05, 0) is 36.2 Å². The Bertz CT molecular complexity index is 1060. The van der Waals surface area contributed by atoms with E-state index in [1.807, 2.05) is 36.1 Å². The van der Waals surface area contributed by atoms with E-state index in [9.17, 15) is 14.7 Å². The molecule has 0 spiro atoms. The standard InChI is InChI=1S/C26H38N4O3/c1-18(12-27)21(31)29-11-10-26(33,25(5)13-24(4,14-25)15-29)16-30-17-28-20-7-9-23(2,3)8-6-19(20)22(30)32/h6-9,17-18,33H,10-16,27H2,1-5H3. The summed E-state index contributed by atoms with van der Waals surface area (Å²) in [5.74, 6) is -0.201. The van der Waals surface area contributed by atoms with E-state index in [0.717, 1.165) is 12.8 Å². The zero-order chi connectivity index (χ0) is 24.2. The molecule has 4 aliphatic rings. The SMILES string of the molecule is CC(CN)C(=O)N1CCC(O)(Cn2cnc3c(c2=O)C=CC(C)(C)C=C3)C2(C)CC(C)(C1)C2. The normalized spacial score (nSPS) is 33.4. The number of hydrogen-bond donors (Lipinski definition) is 2. The van der Waals surface area contributed by atoms with Crippen LogP contribution in [-0.2, 0) is 11.3 Å². The van der Waals surface area contributed by atoms with Crippen LogP contribution in [0.3, 0.4) is 0 Å². The van der Waals surface area contributed by atoms with Crippen LogP contribution in [0.5, 0.6) is 0 Å². The number of amides is 1. The number of aliphatic hydroxyl groups is 1. The number of fused-ring (bicyclic) bond motifs is 5. The molecule has 7 heteroatoms. The van der Waals surface area contributed by atoms with Gasteiger partial charge < -0.3 is 15.7 Å². The third-order valence-corrected chi connectivity index (χ3v) is 8.10. The number of nitrogens with zero attached hydrogens (tertiary/aromatic N) is 3. The van der Waals surface area contributed by atoms with E-state index in [1.165, 1.54) is 0 Å². The molecule has 1 saturated carbocycles. The molecule has 2 bridgehead atoms. The molecule has 2 unspecified atom stereocenters.